The van der Waals surface area contributed by atoms with Gasteiger partial charge in [0.25, 0.3) is 0 Å². The molecule has 0 radical (unpaired) electrons. The van der Waals surface area contributed by atoms with E-state index in [1.54, 1.807) is 19.3 Å². The molecule has 0 aliphatic heterocycles. The molecule has 2 aromatic rings. The maximum Gasteiger partial charge on any atom is 0.159 e. The maximum absolute atomic E-state index is 13.3. The first-order valence-corrected chi connectivity index (χ1v) is 6.31. The molecular formula is C14H17F2N3. The molecule has 0 bridgehead atoms. The Bertz CT molecular complexity index is 551. The maximum atomic E-state index is 13.3. The molecule has 0 aliphatic rings. The Morgan fingerprint density at radius 3 is 2.68 bits per heavy atom. The van der Waals surface area contributed by atoms with Crippen LogP contribution in [0.15, 0.2) is 30.5 Å². The molecule has 0 amide bonds. The molecule has 1 N–H and O–H groups in total. The van der Waals surface area contributed by atoms with Crippen LogP contribution >= 0.6 is 0 Å². The molecule has 1 heterocycles. The van der Waals surface area contributed by atoms with Gasteiger partial charge in [0.2, 0.25) is 0 Å². The topological polar surface area (TPSA) is 29.9 Å². The van der Waals surface area contributed by atoms with E-state index in [-0.39, 0.29) is 6.04 Å². The molecule has 1 atom stereocenters. The molecule has 0 saturated heterocycles. The lowest BCUT2D eigenvalue weighted by molar-refractivity contribution is 0.500. The van der Waals surface area contributed by atoms with E-state index in [1.165, 1.54) is 6.07 Å². The fourth-order valence-corrected chi connectivity index (χ4v) is 2.16. The van der Waals surface area contributed by atoms with Gasteiger partial charge in [-0.1, -0.05) is 13.0 Å². The zero-order valence-corrected chi connectivity index (χ0v) is 11.0. The summed E-state index contributed by atoms with van der Waals surface area (Å²) >= 11 is 0. The first kappa shape index (κ1) is 13.7. The van der Waals surface area contributed by atoms with Crippen molar-refractivity contribution in [2.75, 3.05) is 7.05 Å². The molecule has 0 fully saturated rings. The average molecular weight is 265 g/mol. The van der Waals surface area contributed by atoms with Gasteiger partial charge >= 0.3 is 0 Å². The summed E-state index contributed by atoms with van der Waals surface area (Å²) in [6.07, 6.45) is 2.68. The zero-order chi connectivity index (χ0) is 13.8. The number of hydrogen-bond donors (Lipinski definition) is 1. The Kier molecular flexibility index (Phi) is 4.27. The zero-order valence-electron chi connectivity index (χ0n) is 11.0. The lowest BCUT2D eigenvalue weighted by Crippen LogP contribution is -2.22. The monoisotopic (exact) mass is 265 g/mol. The Labute approximate surface area is 111 Å². The van der Waals surface area contributed by atoms with Gasteiger partial charge in [-0.2, -0.15) is 5.10 Å². The molecule has 0 spiro atoms. The first-order valence-electron chi connectivity index (χ1n) is 6.31. The van der Waals surface area contributed by atoms with Crippen LogP contribution in [0.1, 0.15) is 30.6 Å². The van der Waals surface area contributed by atoms with E-state index in [4.69, 9.17) is 0 Å². The van der Waals surface area contributed by atoms with Gasteiger partial charge in [-0.05, 0) is 37.2 Å². The normalized spacial score (nSPS) is 12.6. The van der Waals surface area contributed by atoms with E-state index >= 15 is 0 Å². The summed E-state index contributed by atoms with van der Waals surface area (Å²) in [5, 5.41) is 7.37. The third-order valence-corrected chi connectivity index (χ3v) is 3.05. The molecule has 0 saturated carbocycles. The predicted molar refractivity (Wildman–Crippen MR) is 69.8 cm³/mol. The minimum Gasteiger partial charge on any atom is -0.308 e. The summed E-state index contributed by atoms with van der Waals surface area (Å²) in [4.78, 5) is 0. The van der Waals surface area contributed by atoms with Crippen molar-refractivity contribution >= 4 is 0 Å². The summed E-state index contributed by atoms with van der Waals surface area (Å²) in [6, 6.07) is 5.64. The summed E-state index contributed by atoms with van der Waals surface area (Å²) in [5.41, 5.74) is 1.62. The molecule has 1 aromatic heterocycles. The average Bonchev–Trinajstić information content (AvgIpc) is 2.83. The second-order valence-electron chi connectivity index (χ2n) is 4.37. The van der Waals surface area contributed by atoms with Crippen LogP contribution < -0.4 is 5.32 Å². The number of aromatic nitrogens is 2. The van der Waals surface area contributed by atoms with Gasteiger partial charge in [0.05, 0.1) is 11.7 Å². The highest BCUT2D eigenvalue weighted by Gasteiger charge is 2.17. The van der Waals surface area contributed by atoms with Crippen LogP contribution in [0.25, 0.3) is 0 Å². The number of nitrogens with one attached hydrogen (secondary N) is 1. The van der Waals surface area contributed by atoms with Crippen LogP contribution in [0, 0.1) is 11.6 Å². The van der Waals surface area contributed by atoms with Crippen LogP contribution in [0.4, 0.5) is 8.78 Å². The van der Waals surface area contributed by atoms with Crippen molar-refractivity contribution in [1.82, 2.24) is 15.1 Å². The molecule has 5 heteroatoms. The van der Waals surface area contributed by atoms with Crippen LogP contribution in [-0.4, -0.2) is 16.8 Å². The van der Waals surface area contributed by atoms with E-state index in [0.29, 0.717) is 5.56 Å². The van der Waals surface area contributed by atoms with Crippen LogP contribution in [0.3, 0.4) is 0 Å². The number of rotatable bonds is 5. The van der Waals surface area contributed by atoms with E-state index in [9.17, 15) is 8.78 Å². The van der Waals surface area contributed by atoms with Gasteiger partial charge < -0.3 is 5.32 Å². The van der Waals surface area contributed by atoms with Gasteiger partial charge in [-0.25, -0.2) is 8.78 Å². The van der Waals surface area contributed by atoms with Crippen LogP contribution in [-0.2, 0) is 6.54 Å². The Morgan fingerprint density at radius 1 is 1.26 bits per heavy atom. The van der Waals surface area contributed by atoms with Crippen molar-refractivity contribution in [3.63, 3.8) is 0 Å². The van der Waals surface area contributed by atoms with Gasteiger partial charge in [0.15, 0.2) is 11.6 Å². The lowest BCUT2D eigenvalue weighted by atomic mass is 10.0. The van der Waals surface area contributed by atoms with Crippen molar-refractivity contribution in [3.05, 3.63) is 53.4 Å². The van der Waals surface area contributed by atoms with Crippen molar-refractivity contribution in [2.24, 2.45) is 0 Å². The third-order valence-electron chi connectivity index (χ3n) is 3.05. The molecule has 19 heavy (non-hydrogen) atoms. The van der Waals surface area contributed by atoms with Gasteiger partial charge in [0, 0.05) is 12.7 Å². The largest absolute Gasteiger partial charge is 0.308 e. The molecule has 0 aliphatic carbocycles. The van der Waals surface area contributed by atoms with Crippen molar-refractivity contribution in [1.29, 1.82) is 0 Å². The molecule has 1 aromatic carbocycles. The SMILES string of the molecule is CCCn1nccc1C(NC)c1ccc(F)c(F)c1. The Balaban J connectivity index is 2.38. The number of hydrogen-bond acceptors (Lipinski definition) is 2. The first-order chi connectivity index (χ1) is 9.17. The molecule has 102 valence electrons. The lowest BCUT2D eigenvalue weighted by Gasteiger charge is -2.18. The number of aryl methyl sites for hydroxylation is 1. The van der Waals surface area contributed by atoms with E-state index < -0.39 is 11.6 Å². The minimum absolute atomic E-state index is 0.204. The van der Waals surface area contributed by atoms with Gasteiger partial charge in [-0.3, -0.25) is 4.68 Å². The van der Waals surface area contributed by atoms with Crippen molar-refractivity contribution in [3.8, 4) is 0 Å². The van der Waals surface area contributed by atoms with Crippen LogP contribution in [0.5, 0.6) is 0 Å². The predicted octanol–water partition coefficient (Wildman–Crippen LogP) is 2.88. The van der Waals surface area contributed by atoms with Gasteiger partial charge in [0.1, 0.15) is 0 Å². The van der Waals surface area contributed by atoms with Gasteiger partial charge in [-0.15, -0.1) is 0 Å². The number of nitrogens with zero attached hydrogens (tertiary/aromatic N) is 2. The number of halogens is 2. The molecule has 1 unspecified atom stereocenters. The highest BCUT2D eigenvalue weighted by molar-refractivity contribution is 5.28. The minimum atomic E-state index is -0.834. The molecule has 2 rings (SSSR count). The van der Waals surface area contributed by atoms with E-state index in [2.05, 4.69) is 17.3 Å². The highest BCUT2D eigenvalue weighted by Crippen LogP contribution is 2.23. The van der Waals surface area contributed by atoms with E-state index in [0.717, 1.165) is 24.7 Å². The summed E-state index contributed by atoms with van der Waals surface area (Å²) in [5.74, 6) is -1.67. The summed E-state index contributed by atoms with van der Waals surface area (Å²) < 4.78 is 28.2. The third kappa shape index (κ3) is 2.81. The van der Waals surface area contributed by atoms with Crippen molar-refractivity contribution < 1.29 is 8.78 Å². The summed E-state index contributed by atoms with van der Waals surface area (Å²) in [6.45, 7) is 2.86. The number of benzene rings is 1. The smallest absolute Gasteiger partial charge is 0.159 e. The quantitative estimate of drug-likeness (QED) is 0.901. The molecular weight excluding hydrogens is 248 g/mol. The van der Waals surface area contributed by atoms with Crippen LogP contribution in [0.2, 0.25) is 0 Å². The Hall–Kier alpha value is -1.75. The highest BCUT2D eigenvalue weighted by atomic mass is 19.2. The summed E-state index contributed by atoms with van der Waals surface area (Å²) in [7, 11) is 1.79. The fraction of sp³-hybridized carbons (Fsp3) is 0.357. The van der Waals surface area contributed by atoms with E-state index in [1.807, 2.05) is 10.7 Å². The van der Waals surface area contributed by atoms with Crippen molar-refractivity contribution in [2.45, 2.75) is 25.9 Å². The molecule has 3 nitrogen and oxygen atoms in total. The standard InChI is InChI=1S/C14H17F2N3/c1-3-8-19-13(6-7-18-19)14(17-2)10-4-5-11(15)12(16)9-10/h4-7,9,14,17H,3,8H2,1-2H3. The Morgan fingerprint density at radius 2 is 2.05 bits per heavy atom. The second kappa shape index (κ2) is 5.93. The fourth-order valence-electron chi connectivity index (χ4n) is 2.16. The second-order valence-corrected chi connectivity index (χ2v) is 4.37.